The van der Waals surface area contributed by atoms with Crippen LogP contribution in [0.5, 0.6) is 0 Å². The third kappa shape index (κ3) is 3.12. The maximum Gasteiger partial charge on any atom is 0.157 e. The van der Waals surface area contributed by atoms with Gasteiger partial charge in [0.05, 0.1) is 24.4 Å². The van der Waals surface area contributed by atoms with Crippen LogP contribution in [0, 0.1) is 57.7 Å². The van der Waals surface area contributed by atoms with Gasteiger partial charge >= 0.3 is 0 Å². The van der Waals surface area contributed by atoms with Crippen LogP contribution in [-0.4, -0.2) is 26.8 Å². The van der Waals surface area contributed by atoms with E-state index in [1.807, 2.05) is 0 Å². The fourth-order valence-corrected chi connectivity index (χ4v) is 8.74. The molecule has 0 radical (unpaired) electrons. The van der Waals surface area contributed by atoms with E-state index < -0.39 is 6.10 Å². The van der Waals surface area contributed by atoms with Crippen molar-refractivity contribution in [2.75, 3.05) is 0 Å². The number of aliphatic hydroxyl groups is 1. The highest BCUT2D eigenvalue weighted by Crippen LogP contribution is 2.67. The molecule has 9 unspecified atom stereocenters. The van der Waals surface area contributed by atoms with Crippen molar-refractivity contribution in [3.63, 3.8) is 0 Å². The summed E-state index contributed by atoms with van der Waals surface area (Å²) in [5.74, 6) is 3.40. The van der Waals surface area contributed by atoms with Crippen LogP contribution < -0.4 is 0 Å². The number of fused-ring (bicyclic) bond motifs is 5. The van der Waals surface area contributed by atoms with Gasteiger partial charge in [-0.25, -0.2) is 0 Å². The lowest BCUT2D eigenvalue weighted by Crippen LogP contribution is -2.58. The number of rotatable bonds is 3. The normalized spacial score (nSPS) is 46.5. The van der Waals surface area contributed by atoms with Gasteiger partial charge in [0, 0.05) is 17.5 Å². The van der Waals surface area contributed by atoms with Crippen LogP contribution in [0.15, 0.2) is 12.4 Å². The lowest BCUT2D eigenvalue weighted by Gasteiger charge is -2.62. The minimum Gasteiger partial charge on any atom is -0.393 e. The Balaban J connectivity index is 1.38. The molecule has 4 aliphatic rings. The molecule has 5 nitrogen and oxygen atoms in total. The van der Waals surface area contributed by atoms with Gasteiger partial charge in [-0.05, 0) is 80.0 Å². The van der Waals surface area contributed by atoms with Crippen molar-refractivity contribution < 1.29 is 9.90 Å². The zero-order valence-corrected chi connectivity index (χ0v) is 19.3. The summed E-state index contributed by atoms with van der Waals surface area (Å²) in [6, 6.07) is 2.08. The molecule has 0 spiro atoms. The molecule has 0 saturated heterocycles. The van der Waals surface area contributed by atoms with Gasteiger partial charge in [0.2, 0.25) is 0 Å². The van der Waals surface area contributed by atoms with E-state index in [0.29, 0.717) is 28.7 Å². The summed E-state index contributed by atoms with van der Waals surface area (Å²) in [6.07, 6.45) is 12.1. The van der Waals surface area contributed by atoms with Crippen molar-refractivity contribution in [1.82, 2.24) is 9.78 Å². The predicted octanol–water partition coefficient (Wildman–Crippen LogP) is 4.59. The maximum atomic E-state index is 13.4. The lowest BCUT2D eigenvalue weighted by atomic mass is 9.43. The Labute approximate surface area is 186 Å². The number of aliphatic hydroxyl groups excluding tert-OH is 1. The second kappa shape index (κ2) is 7.44. The van der Waals surface area contributed by atoms with Crippen LogP contribution in [-0.2, 0) is 11.3 Å². The Morgan fingerprint density at radius 1 is 1.23 bits per heavy atom. The van der Waals surface area contributed by atoms with Gasteiger partial charge in [-0.1, -0.05) is 27.2 Å². The molecule has 0 amide bonds. The van der Waals surface area contributed by atoms with Crippen LogP contribution in [0.1, 0.15) is 77.7 Å². The third-order valence-corrected chi connectivity index (χ3v) is 10.5. The molecule has 4 saturated carbocycles. The minimum atomic E-state index is -0.405. The summed E-state index contributed by atoms with van der Waals surface area (Å²) in [5, 5.41) is 24.8. The molecule has 9 atom stereocenters. The number of hydrogen-bond donors (Lipinski definition) is 1. The second-order valence-electron chi connectivity index (χ2n) is 11.8. The van der Waals surface area contributed by atoms with E-state index in [4.69, 9.17) is 5.26 Å². The highest BCUT2D eigenvalue weighted by atomic mass is 16.3. The van der Waals surface area contributed by atoms with Gasteiger partial charge in [0.1, 0.15) is 6.07 Å². The van der Waals surface area contributed by atoms with Gasteiger partial charge in [0.25, 0.3) is 0 Å². The van der Waals surface area contributed by atoms with Crippen molar-refractivity contribution in [2.24, 2.45) is 46.3 Å². The fourth-order valence-electron chi connectivity index (χ4n) is 8.74. The van der Waals surface area contributed by atoms with Crippen LogP contribution in [0.2, 0.25) is 0 Å². The monoisotopic (exact) mass is 423 g/mol. The molecule has 1 aromatic rings. The number of nitriles is 1. The first-order valence-corrected chi connectivity index (χ1v) is 12.4. The zero-order valence-electron chi connectivity index (χ0n) is 19.3. The molecule has 31 heavy (non-hydrogen) atoms. The zero-order chi connectivity index (χ0) is 22.0. The predicted molar refractivity (Wildman–Crippen MR) is 118 cm³/mol. The molecule has 5 rings (SSSR count). The molecule has 4 fully saturated rings. The third-order valence-electron chi connectivity index (χ3n) is 10.5. The Hall–Kier alpha value is -1.67. The van der Waals surface area contributed by atoms with E-state index in [9.17, 15) is 9.90 Å². The maximum absolute atomic E-state index is 13.4. The topological polar surface area (TPSA) is 78.9 Å². The Kier molecular flexibility index (Phi) is 5.09. The first kappa shape index (κ1) is 21.2. The minimum absolute atomic E-state index is 0.111. The number of carbonyl (C=O) groups excluding carboxylic acids is 1. The number of carbonyl (C=O) groups is 1. The summed E-state index contributed by atoms with van der Waals surface area (Å²) < 4.78 is 1.59. The number of ketones is 1. The number of hydrogen-bond acceptors (Lipinski definition) is 4. The molecule has 0 aromatic carbocycles. The van der Waals surface area contributed by atoms with Gasteiger partial charge < -0.3 is 5.11 Å². The largest absolute Gasteiger partial charge is 0.393 e. The van der Waals surface area contributed by atoms with Gasteiger partial charge in [-0.15, -0.1) is 0 Å². The van der Waals surface area contributed by atoms with E-state index in [1.54, 1.807) is 10.9 Å². The van der Waals surface area contributed by atoms with Crippen molar-refractivity contribution in [1.29, 1.82) is 5.26 Å². The first-order valence-electron chi connectivity index (χ1n) is 12.4. The highest BCUT2D eigenvalue weighted by Gasteiger charge is 2.64. The number of Topliss-reactive ketones (excluding diaryl/α,β-unsaturated/α-hetero) is 1. The summed E-state index contributed by atoms with van der Waals surface area (Å²) in [6.45, 7) is 7.34. The smallest absolute Gasteiger partial charge is 0.157 e. The van der Waals surface area contributed by atoms with Crippen LogP contribution in [0.25, 0.3) is 0 Å². The van der Waals surface area contributed by atoms with Gasteiger partial charge in [-0.2, -0.15) is 10.4 Å². The summed E-state index contributed by atoms with van der Waals surface area (Å²) in [4.78, 5) is 13.4. The molecule has 4 aliphatic carbocycles. The van der Waals surface area contributed by atoms with E-state index in [-0.39, 0.29) is 23.7 Å². The molecular formula is C26H37N3O2. The Bertz CT molecular complexity index is 903. The van der Waals surface area contributed by atoms with Crippen LogP contribution in [0.4, 0.5) is 0 Å². The van der Waals surface area contributed by atoms with Gasteiger partial charge in [0.15, 0.2) is 5.78 Å². The SMILES string of the molecule is CC1CCC2(C)C(CCC3C2CC(O)C2(C)C(C(=O)Cn4cc(C#N)cn4)CCC32)C1. The molecule has 5 heteroatoms. The standard InChI is InChI=1S/C26H37N3O2/c1-16-8-9-25(2)18(10-16)4-5-19-20-6-7-21(26(20,3)24(31)11-22(19)25)23(30)15-29-14-17(12-27)13-28-29/h13-14,16,18-22,24,31H,4-11,15H2,1-3H3. The average Bonchev–Trinajstić information content (AvgIpc) is 3.34. The highest BCUT2D eigenvalue weighted by molar-refractivity contribution is 5.82. The summed E-state index contributed by atoms with van der Waals surface area (Å²) >= 11 is 0. The van der Waals surface area contributed by atoms with E-state index in [1.165, 1.54) is 38.3 Å². The first-order chi connectivity index (χ1) is 14.8. The van der Waals surface area contributed by atoms with Crippen molar-refractivity contribution >= 4 is 5.78 Å². The molecular weight excluding hydrogens is 386 g/mol. The van der Waals surface area contributed by atoms with Crippen molar-refractivity contribution in [3.05, 3.63) is 18.0 Å². The van der Waals surface area contributed by atoms with Crippen LogP contribution in [0.3, 0.4) is 0 Å². The lowest BCUT2D eigenvalue weighted by molar-refractivity contribution is -0.171. The molecule has 168 valence electrons. The summed E-state index contributed by atoms with van der Waals surface area (Å²) in [7, 11) is 0. The number of aromatic nitrogens is 2. The summed E-state index contributed by atoms with van der Waals surface area (Å²) in [5.41, 5.74) is 0.521. The molecule has 0 aliphatic heterocycles. The Morgan fingerprint density at radius 2 is 2.03 bits per heavy atom. The van der Waals surface area contributed by atoms with E-state index in [2.05, 4.69) is 31.9 Å². The fraction of sp³-hybridized carbons (Fsp3) is 0.808. The molecule has 1 heterocycles. The van der Waals surface area contributed by atoms with E-state index in [0.717, 1.165) is 31.1 Å². The van der Waals surface area contributed by atoms with Crippen molar-refractivity contribution in [3.8, 4) is 6.07 Å². The average molecular weight is 424 g/mol. The molecule has 1 aromatic heterocycles. The molecule has 0 bridgehead atoms. The number of nitrogens with zero attached hydrogens (tertiary/aromatic N) is 3. The molecule has 1 N–H and O–H groups in total. The Morgan fingerprint density at radius 3 is 2.77 bits per heavy atom. The van der Waals surface area contributed by atoms with Crippen molar-refractivity contribution in [2.45, 2.75) is 84.8 Å². The van der Waals surface area contributed by atoms with Gasteiger partial charge in [-0.3, -0.25) is 9.48 Å². The van der Waals surface area contributed by atoms with Crippen LogP contribution >= 0.6 is 0 Å². The van der Waals surface area contributed by atoms with E-state index >= 15 is 0 Å². The second-order valence-corrected chi connectivity index (χ2v) is 11.8. The quantitative estimate of drug-likeness (QED) is 0.771.